The molecule has 0 aliphatic heterocycles. The summed E-state index contributed by atoms with van der Waals surface area (Å²) in [7, 11) is -3.91. The van der Waals surface area contributed by atoms with E-state index in [-0.39, 0.29) is 29.1 Å². The average Bonchev–Trinajstić information content (AvgIpc) is 3.58. The van der Waals surface area contributed by atoms with Gasteiger partial charge in [0, 0.05) is 17.8 Å². The summed E-state index contributed by atoms with van der Waals surface area (Å²) >= 11 is 0. The Hall–Kier alpha value is -3.77. The standard InChI is InChI=1S/C28H28F3N5O3S/c1-18(2)36-24(13-14-33-36)27-26(32-17-25(34-27)35-40(37,38)23-9-4-3-5-10-23)21-8-6-7-19(15-21)20-11-12-22(16-20)39-28(29,30)31/h3-10,13-15,17-18,20,22H,11-12,16H2,1-2H3,(H,34,35)/t20-,22+/m1/s1. The molecular weight excluding hydrogens is 543 g/mol. The molecule has 1 aliphatic rings. The van der Waals surface area contributed by atoms with E-state index < -0.39 is 22.5 Å². The summed E-state index contributed by atoms with van der Waals surface area (Å²) in [6, 6.07) is 17.2. The zero-order valence-corrected chi connectivity index (χ0v) is 22.7. The molecule has 210 valence electrons. The number of aromatic nitrogens is 4. The van der Waals surface area contributed by atoms with Gasteiger partial charge in [-0.15, -0.1) is 13.2 Å². The number of benzene rings is 2. The van der Waals surface area contributed by atoms with Gasteiger partial charge in [-0.05, 0) is 68.9 Å². The molecule has 0 unspecified atom stereocenters. The molecule has 0 saturated heterocycles. The maximum Gasteiger partial charge on any atom is 0.522 e. The summed E-state index contributed by atoms with van der Waals surface area (Å²) in [5, 5.41) is 4.40. The number of hydrogen-bond donors (Lipinski definition) is 1. The van der Waals surface area contributed by atoms with E-state index in [9.17, 15) is 21.6 Å². The van der Waals surface area contributed by atoms with Crippen molar-refractivity contribution in [2.45, 2.75) is 62.4 Å². The number of nitrogens with one attached hydrogen (secondary N) is 1. The van der Waals surface area contributed by atoms with Crippen LogP contribution in [0.25, 0.3) is 22.6 Å². The third-order valence-corrected chi connectivity index (χ3v) is 8.15. The van der Waals surface area contributed by atoms with Crippen LogP contribution in [0.4, 0.5) is 19.0 Å². The van der Waals surface area contributed by atoms with E-state index in [0.29, 0.717) is 35.5 Å². The van der Waals surface area contributed by atoms with Crippen molar-refractivity contribution in [3.63, 3.8) is 0 Å². The summed E-state index contributed by atoms with van der Waals surface area (Å²) in [4.78, 5) is 9.37. The summed E-state index contributed by atoms with van der Waals surface area (Å²) in [6.45, 7) is 3.93. The van der Waals surface area contributed by atoms with Crippen molar-refractivity contribution in [1.29, 1.82) is 0 Å². The predicted molar refractivity (Wildman–Crippen MR) is 144 cm³/mol. The van der Waals surface area contributed by atoms with Crippen molar-refractivity contribution in [2.75, 3.05) is 4.72 Å². The number of alkyl halides is 3. The van der Waals surface area contributed by atoms with Gasteiger partial charge in [-0.2, -0.15) is 5.10 Å². The van der Waals surface area contributed by atoms with Gasteiger partial charge in [0.1, 0.15) is 5.69 Å². The number of sulfonamides is 1. The van der Waals surface area contributed by atoms with Crippen LogP contribution in [0.3, 0.4) is 0 Å². The van der Waals surface area contributed by atoms with Gasteiger partial charge in [0.2, 0.25) is 0 Å². The lowest BCUT2D eigenvalue weighted by molar-refractivity contribution is -0.341. The number of ether oxygens (including phenoxy) is 1. The first kappa shape index (κ1) is 27.8. The molecular formula is C28H28F3N5O3S. The Morgan fingerprint density at radius 1 is 1.02 bits per heavy atom. The molecule has 8 nitrogen and oxygen atoms in total. The van der Waals surface area contributed by atoms with E-state index in [1.54, 1.807) is 35.1 Å². The van der Waals surface area contributed by atoms with Crippen molar-refractivity contribution in [1.82, 2.24) is 19.7 Å². The Balaban J connectivity index is 1.52. The van der Waals surface area contributed by atoms with Crippen LogP contribution in [0.2, 0.25) is 0 Å². The minimum Gasteiger partial charge on any atom is -0.289 e. The smallest absolute Gasteiger partial charge is 0.289 e. The van der Waals surface area contributed by atoms with E-state index in [0.717, 1.165) is 5.56 Å². The molecule has 2 aromatic carbocycles. The van der Waals surface area contributed by atoms with Crippen LogP contribution in [-0.2, 0) is 14.8 Å². The molecule has 0 radical (unpaired) electrons. The Labute approximate surface area is 230 Å². The molecule has 5 rings (SSSR count). The van der Waals surface area contributed by atoms with E-state index in [2.05, 4.69) is 24.5 Å². The van der Waals surface area contributed by atoms with Crippen LogP contribution in [0.15, 0.2) is 78.0 Å². The van der Waals surface area contributed by atoms with E-state index in [1.165, 1.54) is 18.3 Å². The Morgan fingerprint density at radius 2 is 1.80 bits per heavy atom. The molecule has 1 aliphatic carbocycles. The first-order chi connectivity index (χ1) is 19.0. The Kier molecular flexibility index (Phi) is 7.65. The third kappa shape index (κ3) is 6.18. The van der Waals surface area contributed by atoms with Crippen molar-refractivity contribution in [2.24, 2.45) is 0 Å². The minimum absolute atomic E-state index is 0.0142. The number of halogens is 3. The maximum atomic E-state index is 13.0. The fourth-order valence-electron chi connectivity index (χ4n) is 5.02. The summed E-state index contributed by atoms with van der Waals surface area (Å²) in [6.07, 6.45) is -1.38. The lowest BCUT2D eigenvalue weighted by Gasteiger charge is -2.17. The molecule has 0 amide bonds. The molecule has 0 spiro atoms. The van der Waals surface area contributed by atoms with Crippen LogP contribution in [-0.4, -0.2) is 40.6 Å². The van der Waals surface area contributed by atoms with Gasteiger partial charge in [0.25, 0.3) is 10.0 Å². The summed E-state index contributed by atoms with van der Waals surface area (Å²) in [5.41, 5.74) is 3.14. The second-order valence-corrected chi connectivity index (χ2v) is 11.6. The quantitative estimate of drug-likeness (QED) is 0.257. The molecule has 1 saturated carbocycles. The van der Waals surface area contributed by atoms with Gasteiger partial charge in [-0.3, -0.25) is 19.1 Å². The zero-order chi connectivity index (χ0) is 28.5. The van der Waals surface area contributed by atoms with E-state index >= 15 is 0 Å². The SMILES string of the molecule is CC(C)n1nccc1-c1nc(NS(=O)(=O)c2ccccc2)cnc1-c1cccc([C@@H]2CC[C@H](OC(F)(F)F)C2)c1. The third-order valence-electron chi connectivity index (χ3n) is 6.78. The van der Waals surface area contributed by atoms with Crippen molar-refractivity contribution in [3.05, 3.63) is 78.6 Å². The largest absolute Gasteiger partial charge is 0.522 e. The highest BCUT2D eigenvalue weighted by Gasteiger charge is 2.37. The van der Waals surface area contributed by atoms with Crippen molar-refractivity contribution in [3.8, 4) is 22.6 Å². The second kappa shape index (κ2) is 11.0. The predicted octanol–water partition coefficient (Wildman–Crippen LogP) is 6.56. The second-order valence-electron chi connectivity index (χ2n) is 9.95. The van der Waals surface area contributed by atoms with Crippen LogP contribution < -0.4 is 4.72 Å². The lowest BCUT2D eigenvalue weighted by atomic mass is 9.94. The molecule has 1 N–H and O–H groups in total. The number of rotatable bonds is 8. The first-order valence-corrected chi connectivity index (χ1v) is 14.3. The highest BCUT2D eigenvalue weighted by atomic mass is 32.2. The molecule has 12 heteroatoms. The Bertz CT molecular complexity index is 1590. The molecule has 2 atom stereocenters. The van der Waals surface area contributed by atoms with Crippen LogP contribution in [0.1, 0.15) is 50.6 Å². The summed E-state index contributed by atoms with van der Waals surface area (Å²) < 4.78 is 72.7. The van der Waals surface area contributed by atoms with Gasteiger partial charge in [-0.1, -0.05) is 36.4 Å². The lowest BCUT2D eigenvalue weighted by Crippen LogP contribution is -2.21. The topological polar surface area (TPSA) is 99.0 Å². The fraction of sp³-hybridized carbons (Fsp3) is 0.321. The highest BCUT2D eigenvalue weighted by molar-refractivity contribution is 7.92. The molecule has 40 heavy (non-hydrogen) atoms. The fourth-order valence-corrected chi connectivity index (χ4v) is 6.02. The monoisotopic (exact) mass is 571 g/mol. The van der Waals surface area contributed by atoms with Gasteiger partial charge < -0.3 is 0 Å². The van der Waals surface area contributed by atoms with Crippen LogP contribution >= 0.6 is 0 Å². The van der Waals surface area contributed by atoms with Gasteiger partial charge in [0.15, 0.2) is 5.82 Å². The van der Waals surface area contributed by atoms with Crippen molar-refractivity contribution >= 4 is 15.8 Å². The van der Waals surface area contributed by atoms with E-state index in [1.807, 2.05) is 38.1 Å². The molecule has 0 bridgehead atoms. The minimum atomic E-state index is -4.66. The average molecular weight is 572 g/mol. The van der Waals surface area contributed by atoms with Crippen LogP contribution in [0.5, 0.6) is 0 Å². The van der Waals surface area contributed by atoms with Crippen LogP contribution in [0, 0.1) is 0 Å². The Morgan fingerprint density at radius 3 is 2.52 bits per heavy atom. The normalized spacial score (nSPS) is 17.9. The highest BCUT2D eigenvalue weighted by Crippen LogP contribution is 2.40. The number of nitrogens with zero attached hydrogens (tertiary/aromatic N) is 4. The number of anilines is 1. The van der Waals surface area contributed by atoms with Gasteiger partial charge in [-0.25, -0.2) is 13.4 Å². The number of hydrogen-bond acceptors (Lipinski definition) is 6. The van der Waals surface area contributed by atoms with Gasteiger partial charge in [0.05, 0.1) is 28.6 Å². The van der Waals surface area contributed by atoms with Crippen molar-refractivity contribution < 1.29 is 26.3 Å². The van der Waals surface area contributed by atoms with Gasteiger partial charge >= 0.3 is 6.36 Å². The molecule has 4 aromatic rings. The molecule has 2 aromatic heterocycles. The maximum absolute atomic E-state index is 13.0. The molecule has 2 heterocycles. The zero-order valence-electron chi connectivity index (χ0n) is 21.8. The van der Waals surface area contributed by atoms with E-state index in [4.69, 9.17) is 0 Å². The summed E-state index contributed by atoms with van der Waals surface area (Å²) in [5.74, 6) is -0.0555. The molecule has 1 fully saturated rings. The first-order valence-electron chi connectivity index (χ1n) is 12.8.